The Bertz CT molecular complexity index is 592. The summed E-state index contributed by atoms with van der Waals surface area (Å²) in [4.78, 5) is 24.4. The van der Waals surface area contributed by atoms with Gasteiger partial charge in [0.2, 0.25) is 5.91 Å². The van der Waals surface area contributed by atoms with Crippen LogP contribution in [0.5, 0.6) is 0 Å². The van der Waals surface area contributed by atoms with Gasteiger partial charge in [0.25, 0.3) is 0 Å². The van der Waals surface area contributed by atoms with E-state index < -0.39 is 17.8 Å². The van der Waals surface area contributed by atoms with Crippen molar-refractivity contribution in [2.45, 2.75) is 50.2 Å². The lowest BCUT2D eigenvalue weighted by molar-refractivity contribution is -0.151. The Labute approximate surface area is 135 Å². The van der Waals surface area contributed by atoms with Crippen LogP contribution in [0.15, 0.2) is 23.1 Å². The van der Waals surface area contributed by atoms with Gasteiger partial charge in [-0.25, -0.2) is 0 Å². The Balaban J connectivity index is 2.04. The SMILES string of the molecule is Cc1cc(SC(C)(C)C)ccc1NC(=O)C1CCC1C(=O)O. The predicted octanol–water partition coefficient (Wildman–Crippen LogP) is 3.93. The van der Waals surface area contributed by atoms with E-state index in [4.69, 9.17) is 5.11 Å². The van der Waals surface area contributed by atoms with Crippen LogP contribution in [0.1, 0.15) is 39.2 Å². The lowest BCUT2D eigenvalue weighted by Crippen LogP contribution is -2.41. The molecule has 1 saturated carbocycles. The van der Waals surface area contributed by atoms with E-state index >= 15 is 0 Å². The van der Waals surface area contributed by atoms with Crippen LogP contribution in [-0.2, 0) is 9.59 Å². The number of aryl methyl sites for hydroxylation is 1. The molecule has 0 spiro atoms. The smallest absolute Gasteiger partial charge is 0.307 e. The van der Waals surface area contributed by atoms with Gasteiger partial charge in [-0.3, -0.25) is 9.59 Å². The number of carboxylic acids is 1. The van der Waals surface area contributed by atoms with E-state index in [1.807, 2.05) is 19.1 Å². The highest BCUT2D eigenvalue weighted by Crippen LogP contribution is 2.36. The average molecular weight is 321 g/mol. The van der Waals surface area contributed by atoms with Crippen molar-refractivity contribution in [1.29, 1.82) is 0 Å². The minimum Gasteiger partial charge on any atom is -0.481 e. The number of amides is 1. The number of benzene rings is 1. The van der Waals surface area contributed by atoms with E-state index in [1.165, 1.54) is 0 Å². The number of hydrogen-bond donors (Lipinski definition) is 2. The lowest BCUT2D eigenvalue weighted by atomic mass is 9.73. The zero-order valence-corrected chi connectivity index (χ0v) is 14.3. The van der Waals surface area contributed by atoms with E-state index in [0.29, 0.717) is 12.8 Å². The summed E-state index contributed by atoms with van der Waals surface area (Å²) in [6, 6.07) is 5.95. The van der Waals surface area contributed by atoms with E-state index in [2.05, 4.69) is 32.2 Å². The van der Waals surface area contributed by atoms with Gasteiger partial charge in [0.05, 0.1) is 11.8 Å². The maximum atomic E-state index is 12.2. The topological polar surface area (TPSA) is 66.4 Å². The Kier molecular flexibility index (Phi) is 4.85. The van der Waals surface area contributed by atoms with Gasteiger partial charge in [0, 0.05) is 15.3 Å². The highest BCUT2D eigenvalue weighted by Gasteiger charge is 2.41. The molecule has 0 bridgehead atoms. The average Bonchev–Trinajstić information content (AvgIpc) is 2.28. The molecule has 0 heterocycles. The van der Waals surface area contributed by atoms with Crippen molar-refractivity contribution >= 4 is 29.3 Å². The van der Waals surface area contributed by atoms with Gasteiger partial charge in [0.1, 0.15) is 0 Å². The summed E-state index contributed by atoms with van der Waals surface area (Å²) in [5, 5.41) is 11.9. The van der Waals surface area contributed by atoms with Crippen LogP contribution >= 0.6 is 11.8 Å². The van der Waals surface area contributed by atoms with Crippen LogP contribution in [0.2, 0.25) is 0 Å². The van der Waals surface area contributed by atoms with Crippen molar-refractivity contribution in [2.24, 2.45) is 11.8 Å². The number of aliphatic carboxylic acids is 1. The highest BCUT2D eigenvalue weighted by atomic mass is 32.2. The van der Waals surface area contributed by atoms with Crippen molar-refractivity contribution < 1.29 is 14.7 Å². The van der Waals surface area contributed by atoms with Crippen LogP contribution in [-0.4, -0.2) is 21.7 Å². The number of thioether (sulfide) groups is 1. The van der Waals surface area contributed by atoms with Crippen LogP contribution in [0.25, 0.3) is 0 Å². The Hall–Kier alpha value is -1.49. The summed E-state index contributed by atoms with van der Waals surface area (Å²) in [7, 11) is 0. The van der Waals surface area contributed by atoms with Gasteiger partial charge in [-0.2, -0.15) is 0 Å². The Morgan fingerprint density at radius 3 is 2.32 bits per heavy atom. The molecule has 1 aliphatic carbocycles. The second-order valence-electron chi connectivity index (χ2n) is 6.81. The molecule has 1 amide bonds. The number of carbonyl (C=O) groups excluding carboxylic acids is 1. The normalized spacial score (nSPS) is 21.1. The monoisotopic (exact) mass is 321 g/mol. The van der Waals surface area contributed by atoms with Gasteiger partial charge in [-0.05, 0) is 43.5 Å². The molecule has 2 rings (SSSR count). The van der Waals surface area contributed by atoms with E-state index in [-0.39, 0.29) is 10.7 Å². The fourth-order valence-electron chi connectivity index (χ4n) is 2.53. The van der Waals surface area contributed by atoms with Crippen LogP contribution < -0.4 is 5.32 Å². The second kappa shape index (κ2) is 6.32. The number of nitrogens with one attached hydrogen (secondary N) is 1. The molecule has 5 heteroatoms. The summed E-state index contributed by atoms with van der Waals surface area (Å²) in [6.07, 6.45) is 1.24. The molecule has 22 heavy (non-hydrogen) atoms. The summed E-state index contributed by atoms with van der Waals surface area (Å²) < 4.78 is 0.137. The molecule has 120 valence electrons. The molecule has 1 aliphatic rings. The standard InChI is InChI=1S/C17H23NO3S/c1-10-9-11(22-17(2,3)4)5-8-14(10)18-15(19)12-6-7-13(12)16(20)21/h5,8-9,12-13H,6-7H2,1-4H3,(H,18,19)(H,20,21). The first-order valence-corrected chi connectivity index (χ1v) is 8.32. The third-order valence-electron chi connectivity index (χ3n) is 3.81. The molecule has 0 saturated heterocycles. The Morgan fingerprint density at radius 2 is 1.86 bits per heavy atom. The number of rotatable bonds is 4. The largest absolute Gasteiger partial charge is 0.481 e. The molecular formula is C17H23NO3S. The zero-order valence-electron chi connectivity index (χ0n) is 13.5. The molecule has 4 nitrogen and oxygen atoms in total. The molecule has 2 unspecified atom stereocenters. The summed E-state index contributed by atoms with van der Waals surface area (Å²) in [5.41, 5.74) is 1.76. The van der Waals surface area contributed by atoms with Gasteiger partial charge in [-0.1, -0.05) is 20.8 Å². The molecule has 1 aromatic rings. The molecule has 1 aromatic carbocycles. The minimum absolute atomic E-state index is 0.137. The zero-order chi connectivity index (χ0) is 16.5. The predicted molar refractivity (Wildman–Crippen MR) is 89.3 cm³/mol. The quantitative estimate of drug-likeness (QED) is 0.825. The third kappa shape index (κ3) is 4.03. The van der Waals surface area contributed by atoms with Gasteiger partial charge in [0.15, 0.2) is 0 Å². The number of anilines is 1. The maximum Gasteiger partial charge on any atom is 0.307 e. The number of carbonyl (C=O) groups is 2. The minimum atomic E-state index is -0.875. The van der Waals surface area contributed by atoms with E-state index in [9.17, 15) is 9.59 Å². The first-order valence-electron chi connectivity index (χ1n) is 7.51. The van der Waals surface area contributed by atoms with Crippen molar-refractivity contribution in [3.63, 3.8) is 0 Å². The highest BCUT2D eigenvalue weighted by molar-refractivity contribution is 8.00. The van der Waals surface area contributed by atoms with Gasteiger partial charge < -0.3 is 10.4 Å². The van der Waals surface area contributed by atoms with Crippen LogP contribution in [0, 0.1) is 18.8 Å². The lowest BCUT2D eigenvalue weighted by Gasteiger charge is -2.32. The third-order valence-corrected chi connectivity index (χ3v) is 4.91. The summed E-state index contributed by atoms with van der Waals surface area (Å²) in [5.74, 6) is -1.99. The van der Waals surface area contributed by atoms with Gasteiger partial charge >= 0.3 is 5.97 Å². The molecule has 1 fully saturated rings. The van der Waals surface area contributed by atoms with E-state index in [1.54, 1.807) is 11.8 Å². The number of carboxylic acid groups (broad SMARTS) is 1. The molecule has 2 atom stereocenters. The molecule has 0 aliphatic heterocycles. The summed E-state index contributed by atoms with van der Waals surface area (Å²) in [6.45, 7) is 8.43. The molecule has 2 N–H and O–H groups in total. The van der Waals surface area contributed by atoms with Crippen LogP contribution in [0.3, 0.4) is 0 Å². The van der Waals surface area contributed by atoms with Crippen molar-refractivity contribution in [3.05, 3.63) is 23.8 Å². The maximum absolute atomic E-state index is 12.2. The van der Waals surface area contributed by atoms with Crippen molar-refractivity contribution in [1.82, 2.24) is 0 Å². The molecule has 0 aromatic heterocycles. The fraction of sp³-hybridized carbons (Fsp3) is 0.529. The van der Waals surface area contributed by atoms with Crippen LogP contribution in [0.4, 0.5) is 5.69 Å². The second-order valence-corrected chi connectivity index (χ2v) is 8.71. The van der Waals surface area contributed by atoms with Gasteiger partial charge in [-0.15, -0.1) is 11.8 Å². The Morgan fingerprint density at radius 1 is 1.23 bits per heavy atom. The first kappa shape index (κ1) is 16.9. The van der Waals surface area contributed by atoms with Crippen molar-refractivity contribution in [2.75, 3.05) is 5.32 Å². The first-order chi connectivity index (χ1) is 10.2. The summed E-state index contributed by atoms with van der Waals surface area (Å²) >= 11 is 1.78. The molecule has 0 radical (unpaired) electrons. The number of hydrogen-bond acceptors (Lipinski definition) is 3. The van der Waals surface area contributed by atoms with E-state index in [0.717, 1.165) is 16.1 Å². The fourth-order valence-corrected chi connectivity index (χ4v) is 3.61. The molecular weight excluding hydrogens is 298 g/mol. The van der Waals surface area contributed by atoms with Crippen molar-refractivity contribution in [3.8, 4) is 0 Å².